The van der Waals surface area contributed by atoms with E-state index in [9.17, 15) is 4.79 Å². The zero-order valence-corrected chi connectivity index (χ0v) is 21.1. The van der Waals surface area contributed by atoms with Crippen molar-refractivity contribution in [2.24, 2.45) is 4.99 Å². The lowest BCUT2D eigenvalue weighted by molar-refractivity contribution is -0.128. The Labute approximate surface area is 200 Å². The number of likely N-dealkylation sites (tertiary alicyclic amines) is 1. The topological polar surface area (TPSA) is 69.6 Å². The Balaban J connectivity index is 0.00000320. The lowest BCUT2D eigenvalue weighted by Gasteiger charge is -2.15. The van der Waals surface area contributed by atoms with Crippen LogP contribution in [0.15, 0.2) is 34.6 Å². The Morgan fingerprint density at radius 1 is 1.23 bits per heavy atom. The van der Waals surface area contributed by atoms with Gasteiger partial charge in [0.2, 0.25) is 5.91 Å². The molecule has 1 aliphatic heterocycles. The van der Waals surface area contributed by atoms with Crippen molar-refractivity contribution in [3.05, 3.63) is 51.5 Å². The average Bonchev–Trinajstić information content (AvgIpc) is 3.35. The first-order valence-corrected chi connectivity index (χ1v) is 11.2. The molecule has 8 heteroatoms. The van der Waals surface area contributed by atoms with Crippen LogP contribution < -0.4 is 10.6 Å². The summed E-state index contributed by atoms with van der Waals surface area (Å²) in [4.78, 5) is 23.1. The number of amides is 1. The molecule has 1 amide bonds. The third-order valence-electron chi connectivity index (χ3n) is 4.90. The van der Waals surface area contributed by atoms with E-state index in [0.29, 0.717) is 32.0 Å². The van der Waals surface area contributed by atoms with E-state index in [-0.39, 0.29) is 29.9 Å². The maximum absolute atomic E-state index is 11.8. The summed E-state index contributed by atoms with van der Waals surface area (Å²) in [5, 5.41) is 9.85. The van der Waals surface area contributed by atoms with Crippen LogP contribution in [0.1, 0.15) is 61.4 Å². The largest absolute Gasteiger partial charge is 0.357 e. The number of guanidine groups is 1. The second kappa shape index (κ2) is 12.2. The second-order valence-electron chi connectivity index (χ2n) is 7.60. The molecule has 1 aromatic heterocycles. The van der Waals surface area contributed by atoms with Crippen LogP contribution in [0.5, 0.6) is 0 Å². The van der Waals surface area contributed by atoms with Crippen molar-refractivity contribution in [1.29, 1.82) is 0 Å². The summed E-state index contributed by atoms with van der Waals surface area (Å²) in [6.07, 6.45) is 1.67. The maximum Gasteiger partial charge on any atom is 0.222 e. The minimum Gasteiger partial charge on any atom is -0.357 e. The fourth-order valence-electron chi connectivity index (χ4n) is 3.18. The summed E-state index contributed by atoms with van der Waals surface area (Å²) >= 11 is 1.68. The third kappa shape index (κ3) is 7.23. The molecule has 0 spiro atoms. The van der Waals surface area contributed by atoms with E-state index in [0.717, 1.165) is 41.7 Å². The van der Waals surface area contributed by atoms with Crippen LogP contribution in [0.4, 0.5) is 0 Å². The molecule has 2 N–H and O–H groups in total. The van der Waals surface area contributed by atoms with Gasteiger partial charge in [-0.1, -0.05) is 38.1 Å². The van der Waals surface area contributed by atoms with Gasteiger partial charge in [0.15, 0.2) is 5.96 Å². The van der Waals surface area contributed by atoms with Crippen LogP contribution in [-0.4, -0.2) is 34.8 Å². The van der Waals surface area contributed by atoms with Crippen LogP contribution in [0, 0.1) is 0 Å². The van der Waals surface area contributed by atoms with Gasteiger partial charge in [-0.3, -0.25) is 4.79 Å². The number of halogens is 1. The molecule has 0 aliphatic carbocycles. The highest BCUT2D eigenvalue weighted by atomic mass is 127. The van der Waals surface area contributed by atoms with Gasteiger partial charge in [0, 0.05) is 31.4 Å². The van der Waals surface area contributed by atoms with Crippen LogP contribution in [0.25, 0.3) is 0 Å². The zero-order chi connectivity index (χ0) is 20.6. The number of carbonyl (C=O) groups excluding carboxylic acids is 1. The van der Waals surface area contributed by atoms with E-state index in [1.165, 1.54) is 5.56 Å². The van der Waals surface area contributed by atoms with Gasteiger partial charge in [0.25, 0.3) is 0 Å². The predicted molar refractivity (Wildman–Crippen MR) is 134 cm³/mol. The second-order valence-corrected chi connectivity index (χ2v) is 8.55. The number of nitrogens with zero attached hydrogens (tertiary/aromatic N) is 3. The summed E-state index contributed by atoms with van der Waals surface area (Å²) < 4.78 is 0. The smallest absolute Gasteiger partial charge is 0.222 e. The maximum atomic E-state index is 11.8. The molecular formula is C22H32IN5OS. The van der Waals surface area contributed by atoms with Crippen molar-refractivity contribution in [2.75, 3.05) is 13.1 Å². The van der Waals surface area contributed by atoms with E-state index >= 15 is 0 Å². The van der Waals surface area contributed by atoms with E-state index in [1.807, 2.05) is 4.90 Å². The van der Waals surface area contributed by atoms with Gasteiger partial charge < -0.3 is 15.5 Å². The molecule has 30 heavy (non-hydrogen) atoms. The monoisotopic (exact) mass is 541 g/mol. The summed E-state index contributed by atoms with van der Waals surface area (Å²) in [6.45, 7) is 10.0. The van der Waals surface area contributed by atoms with Gasteiger partial charge in [-0.15, -0.1) is 35.3 Å². The highest BCUT2D eigenvalue weighted by Crippen LogP contribution is 2.17. The summed E-state index contributed by atoms with van der Waals surface area (Å²) in [5.41, 5.74) is 3.46. The van der Waals surface area contributed by atoms with E-state index in [2.05, 4.69) is 66.0 Å². The van der Waals surface area contributed by atoms with Gasteiger partial charge in [-0.2, -0.15) is 0 Å². The highest BCUT2D eigenvalue weighted by Gasteiger charge is 2.19. The number of aromatic nitrogens is 1. The van der Waals surface area contributed by atoms with Crippen LogP contribution in [-0.2, 0) is 24.4 Å². The molecule has 1 saturated heterocycles. The van der Waals surface area contributed by atoms with Crippen molar-refractivity contribution >= 4 is 47.2 Å². The van der Waals surface area contributed by atoms with Crippen molar-refractivity contribution < 1.29 is 4.79 Å². The molecular weight excluding hydrogens is 509 g/mol. The van der Waals surface area contributed by atoms with Gasteiger partial charge in [-0.05, 0) is 30.4 Å². The molecule has 3 rings (SSSR count). The minimum atomic E-state index is 0. The van der Waals surface area contributed by atoms with E-state index < -0.39 is 0 Å². The molecule has 0 bridgehead atoms. The SMILES string of the molecule is CCNC(=NCc1ccc(CN2CCCC2=O)cc1)NCc1nc(C(C)C)cs1.I. The van der Waals surface area contributed by atoms with Gasteiger partial charge in [-0.25, -0.2) is 9.98 Å². The molecule has 0 radical (unpaired) electrons. The lowest BCUT2D eigenvalue weighted by atomic mass is 10.1. The number of carbonyl (C=O) groups is 1. The van der Waals surface area contributed by atoms with E-state index in [1.54, 1.807) is 11.3 Å². The standard InChI is InChI=1S/C22H31N5OS.HI/c1-4-23-22(25-13-20-26-19(15-29-20)16(2)3)24-12-17-7-9-18(10-8-17)14-27-11-5-6-21(27)28;/h7-10,15-16H,4-6,11-14H2,1-3H3,(H2,23,24,25);1H. The molecule has 0 atom stereocenters. The first-order valence-electron chi connectivity index (χ1n) is 10.4. The Hall–Kier alpha value is -1.68. The molecule has 1 aromatic carbocycles. The third-order valence-corrected chi connectivity index (χ3v) is 5.77. The molecule has 2 heterocycles. The van der Waals surface area contributed by atoms with Crippen LogP contribution >= 0.6 is 35.3 Å². The first kappa shape index (κ1) is 24.6. The molecule has 2 aromatic rings. The quantitative estimate of drug-likeness (QED) is 0.298. The minimum absolute atomic E-state index is 0. The van der Waals surface area contributed by atoms with Crippen molar-refractivity contribution in [3.8, 4) is 0 Å². The van der Waals surface area contributed by atoms with Gasteiger partial charge in [0.1, 0.15) is 5.01 Å². The molecule has 0 saturated carbocycles. The van der Waals surface area contributed by atoms with Crippen molar-refractivity contribution in [1.82, 2.24) is 20.5 Å². The van der Waals surface area contributed by atoms with Gasteiger partial charge >= 0.3 is 0 Å². The fourth-order valence-corrected chi connectivity index (χ4v) is 4.08. The number of benzene rings is 1. The molecule has 0 unspecified atom stereocenters. The Kier molecular flexibility index (Phi) is 10.0. The number of aliphatic imine (C=N–C) groups is 1. The number of rotatable bonds is 8. The molecule has 1 aliphatic rings. The average molecular weight is 542 g/mol. The first-order chi connectivity index (χ1) is 14.0. The highest BCUT2D eigenvalue weighted by molar-refractivity contribution is 14.0. The number of thiazole rings is 1. The fraction of sp³-hybridized carbons (Fsp3) is 0.500. The molecule has 164 valence electrons. The Bertz CT molecular complexity index is 834. The summed E-state index contributed by atoms with van der Waals surface area (Å²) in [6, 6.07) is 8.39. The van der Waals surface area contributed by atoms with Gasteiger partial charge in [0.05, 0.1) is 18.8 Å². The van der Waals surface area contributed by atoms with Crippen LogP contribution in [0.2, 0.25) is 0 Å². The summed E-state index contributed by atoms with van der Waals surface area (Å²) in [7, 11) is 0. The Morgan fingerprint density at radius 3 is 2.57 bits per heavy atom. The van der Waals surface area contributed by atoms with Crippen molar-refractivity contribution in [2.45, 2.75) is 59.2 Å². The predicted octanol–water partition coefficient (Wildman–Crippen LogP) is 4.26. The number of nitrogens with one attached hydrogen (secondary N) is 2. The molecule has 1 fully saturated rings. The van der Waals surface area contributed by atoms with Crippen molar-refractivity contribution in [3.63, 3.8) is 0 Å². The Morgan fingerprint density at radius 2 is 1.97 bits per heavy atom. The zero-order valence-electron chi connectivity index (χ0n) is 18.0. The normalized spacial score (nSPS) is 14.2. The van der Waals surface area contributed by atoms with E-state index in [4.69, 9.17) is 4.99 Å². The van der Waals surface area contributed by atoms with Crippen LogP contribution in [0.3, 0.4) is 0 Å². The molecule has 6 nitrogen and oxygen atoms in total. The summed E-state index contributed by atoms with van der Waals surface area (Å²) in [5.74, 6) is 1.51. The number of hydrogen-bond acceptors (Lipinski definition) is 4. The number of hydrogen-bond donors (Lipinski definition) is 2. The lowest BCUT2D eigenvalue weighted by Crippen LogP contribution is -2.36.